The van der Waals surface area contributed by atoms with Gasteiger partial charge in [-0.15, -0.1) is 0 Å². The highest BCUT2D eigenvalue weighted by Crippen LogP contribution is 2.37. The van der Waals surface area contributed by atoms with E-state index < -0.39 is 12.0 Å². The van der Waals surface area contributed by atoms with Gasteiger partial charge in [0.05, 0.1) is 38.6 Å². The summed E-state index contributed by atoms with van der Waals surface area (Å²) in [5.74, 6) is 1.02. The van der Waals surface area contributed by atoms with E-state index in [9.17, 15) is 9.59 Å². The molecule has 0 fully saturated rings. The molecule has 0 saturated heterocycles. The van der Waals surface area contributed by atoms with Gasteiger partial charge in [-0.25, -0.2) is 9.79 Å². The number of thiazole rings is 1. The van der Waals surface area contributed by atoms with Crippen molar-refractivity contribution in [3.05, 3.63) is 107 Å². The molecule has 0 unspecified atom stereocenters. The van der Waals surface area contributed by atoms with Crippen molar-refractivity contribution in [3.63, 3.8) is 0 Å². The summed E-state index contributed by atoms with van der Waals surface area (Å²) < 4.78 is 19.4. The molecule has 1 atom stereocenters. The average molecular weight is 598 g/mol. The summed E-state index contributed by atoms with van der Waals surface area (Å²) in [5, 5.41) is 0.800. The summed E-state index contributed by atoms with van der Waals surface area (Å²) in [6.45, 7) is 7.51. The number of nitrogens with zero attached hydrogens (tertiary/aromatic N) is 2. The molecule has 0 bridgehead atoms. The number of aromatic nitrogens is 1. The highest BCUT2D eigenvalue weighted by atomic mass is 35.5. The molecule has 0 aliphatic carbocycles. The molecule has 2 aromatic heterocycles. The number of carbonyl (C=O) groups excluding carboxylic acids is 1. The van der Waals surface area contributed by atoms with Gasteiger partial charge in [0.25, 0.3) is 5.56 Å². The van der Waals surface area contributed by atoms with E-state index in [1.54, 1.807) is 50.3 Å². The number of rotatable bonds is 7. The molecule has 3 heterocycles. The lowest BCUT2D eigenvalue weighted by atomic mass is 9.95. The Kier molecular flexibility index (Phi) is 8.03. The molecule has 1 aliphatic rings. The van der Waals surface area contributed by atoms with E-state index in [4.69, 9.17) is 37.1 Å². The standard InChI is InChI=1S/C30H26Cl2N2O5S/c1-5-37-29(36)25-17(4)33-30-34(27(25)20-9-6-7-12-22(20)38-16(2)3)28(35)24(40-30)15-18-13-14-23(39-18)19-10-8-11-21(31)26(19)32/h6-16,27H,5H2,1-4H3/b24-15-/t27-/m0/s1. The number of para-hydroxylation sites is 1. The van der Waals surface area contributed by atoms with Gasteiger partial charge in [-0.1, -0.05) is 58.8 Å². The Bertz CT molecular complexity index is 1820. The summed E-state index contributed by atoms with van der Waals surface area (Å²) in [6, 6.07) is 15.4. The molecule has 0 spiro atoms. The molecule has 1 aliphatic heterocycles. The summed E-state index contributed by atoms with van der Waals surface area (Å²) >= 11 is 13.7. The van der Waals surface area contributed by atoms with Gasteiger partial charge in [0.15, 0.2) is 4.80 Å². The molecule has 5 rings (SSSR count). The smallest absolute Gasteiger partial charge is 0.338 e. The summed E-state index contributed by atoms with van der Waals surface area (Å²) in [4.78, 5) is 32.2. The van der Waals surface area contributed by atoms with Gasteiger partial charge in [0.1, 0.15) is 23.3 Å². The lowest BCUT2D eigenvalue weighted by Crippen LogP contribution is -2.40. The van der Waals surface area contributed by atoms with Gasteiger partial charge in [0, 0.05) is 17.2 Å². The molecule has 0 saturated carbocycles. The number of hydrogen-bond acceptors (Lipinski definition) is 7. The van der Waals surface area contributed by atoms with Gasteiger partial charge in [-0.05, 0) is 58.0 Å². The Hall–Kier alpha value is -3.59. The first-order valence-corrected chi connectivity index (χ1v) is 14.3. The highest BCUT2D eigenvalue weighted by molar-refractivity contribution is 7.07. The summed E-state index contributed by atoms with van der Waals surface area (Å²) in [5.41, 5.74) is 1.76. The van der Waals surface area contributed by atoms with Gasteiger partial charge in [0.2, 0.25) is 0 Å². The Labute approximate surface area is 244 Å². The van der Waals surface area contributed by atoms with E-state index in [0.29, 0.717) is 53.5 Å². The van der Waals surface area contributed by atoms with Crippen LogP contribution >= 0.6 is 34.5 Å². The maximum atomic E-state index is 13.9. The number of hydrogen-bond donors (Lipinski definition) is 0. The minimum atomic E-state index is -0.787. The molecular formula is C30H26Cl2N2O5S. The number of fused-ring (bicyclic) bond motifs is 1. The fourth-order valence-corrected chi connectivity index (χ4v) is 5.97. The van der Waals surface area contributed by atoms with Crippen LogP contribution in [0.4, 0.5) is 0 Å². The van der Waals surface area contributed by atoms with Crippen LogP contribution in [0, 0.1) is 0 Å². The lowest BCUT2D eigenvalue weighted by molar-refractivity contribution is -0.139. The van der Waals surface area contributed by atoms with Crippen molar-refractivity contribution in [1.29, 1.82) is 0 Å². The largest absolute Gasteiger partial charge is 0.491 e. The van der Waals surface area contributed by atoms with Crippen LogP contribution in [0.3, 0.4) is 0 Å². The predicted octanol–water partition coefficient (Wildman–Crippen LogP) is 6.15. The topological polar surface area (TPSA) is 83.0 Å². The third kappa shape index (κ3) is 5.27. The first-order valence-electron chi connectivity index (χ1n) is 12.7. The van der Waals surface area contributed by atoms with Gasteiger partial charge >= 0.3 is 5.97 Å². The van der Waals surface area contributed by atoms with Crippen LogP contribution in [0.25, 0.3) is 17.4 Å². The molecule has 2 aromatic carbocycles. The lowest BCUT2D eigenvalue weighted by Gasteiger charge is -2.26. The van der Waals surface area contributed by atoms with E-state index in [-0.39, 0.29) is 23.8 Å². The van der Waals surface area contributed by atoms with Crippen molar-refractivity contribution < 1.29 is 18.7 Å². The van der Waals surface area contributed by atoms with Gasteiger partial charge < -0.3 is 13.9 Å². The van der Waals surface area contributed by atoms with E-state index in [2.05, 4.69) is 4.99 Å². The quantitative estimate of drug-likeness (QED) is 0.239. The second-order valence-electron chi connectivity index (χ2n) is 9.31. The van der Waals surface area contributed by atoms with Crippen molar-refractivity contribution in [1.82, 2.24) is 4.57 Å². The van der Waals surface area contributed by atoms with Crippen molar-refractivity contribution >= 4 is 46.6 Å². The van der Waals surface area contributed by atoms with Crippen LogP contribution in [0.15, 0.2) is 80.1 Å². The predicted molar refractivity (Wildman–Crippen MR) is 157 cm³/mol. The number of furan rings is 1. The summed E-state index contributed by atoms with van der Waals surface area (Å²) in [7, 11) is 0. The maximum Gasteiger partial charge on any atom is 0.338 e. The zero-order valence-corrected chi connectivity index (χ0v) is 24.6. The molecule has 206 valence electrons. The van der Waals surface area contributed by atoms with E-state index >= 15 is 0 Å². The monoisotopic (exact) mass is 596 g/mol. The highest BCUT2D eigenvalue weighted by Gasteiger charge is 2.35. The molecular weight excluding hydrogens is 571 g/mol. The minimum absolute atomic E-state index is 0.116. The Morgan fingerprint density at radius 2 is 1.93 bits per heavy atom. The minimum Gasteiger partial charge on any atom is -0.491 e. The SMILES string of the molecule is CCOC(=O)C1=C(C)N=c2s/c(=C\c3ccc(-c4cccc(Cl)c4Cl)o3)c(=O)n2[C@H]1c1ccccc1OC(C)C. The van der Waals surface area contributed by atoms with Crippen LogP contribution in [0.2, 0.25) is 10.0 Å². The Balaban J connectivity index is 1.67. The second-order valence-corrected chi connectivity index (χ2v) is 11.1. The van der Waals surface area contributed by atoms with Crippen molar-refractivity contribution in [2.75, 3.05) is 6.61 Å². The zero-order valence-electron chi connectivity index (χ0n) is 22.2. The zero-order chi connectivity index (χ0) is 28.6. The van der Waals surface area contributed by atoms with Gasteiger partial charge in [-0.2, -0.15) is 0 Å². The number of halogens is 2. The van der Waals surface area contributed by atoms with Crippen LogP contribution in [0.1, 0.15) is 45.1 Å². The Morgan fingerprint density at radius 1 is 1.15 bits per heavy atom. The molecule has 40 heavy (non-hydrogen) atoms. The molecule has 7 nitrogen and oxygen atoms in total. The van der Waals surface area contributed by atoms with Gasteiger partial charge in [-0.3, -0.25) is 9.36 Å². The van der Waals surface area contributed by atoms with Crippen LogP contribution in [-0.2, 0) is 9.53 Å². The summed E-state index contributed by atoms with van der Waals surface area (Å²) in [6.07, 6.45) is 1.54. The van der Waals surface area contributed by atoms with Crippen molar-refractivity contribution in [3.8, 4) is 17.1 Å². The second kappa shape index (κ2) is 11.5. The molecule has 0 N–H and O–H groups in total. The number of benzene rings is 2. The van der Waals surface area contributed by atoms with Crippen molar-refractivity contribution in [2.45, 2.75) is 39.8 Å². The third-order valence-electron chi connectivity index (χ3n) is 6.21. The van der Waals surface area contributed by atoms with E-state index in [0.717, 1.165) is 0 Å². The number of esters is 1. The first kappa shape index (κ1) is 28.0. The molecule has 0 radical (unpaired) electrons. The van der Waals surface area contributed by atoms with Crippen molar-refractivity contribution in [2.24, 2.45) is 4.99 Å². The third-order valence-corrected chi connectivity index (χ3v) is 8.01. The number of carbonyl (C=O) groups is 1. The molecule has 4 aromatic rings. The average Bonchev–Trinajstić information content (AvgIpc) is 3.49. The molecule has 0 amide bonds. The maximum absolute atomic E-state index is 13.9. The van der Waals surface area contributed by atoms with Crippen LogP contribution in [0.5, 0.6) is 5.75 Å². The number of ether oxygens (including phenoxy) is 2. The van der Waals surface area contributed by atoms with E-state index in [1.807, 2.05) is 38.1 Å². The fourth-order valence-electron chi connectivity index (χ4n) is 4.55. The Morgan fingerprint density at radius 3 is 2.67 bits per heavy atom. The van der Waals surface area contributed by atoms with E-state index in [1.165, 1.54) is 15.9 Å². The fraction of sp³-hybridized carbons (Fsp3) is 0.233. The van der Waals surface area contributed by atoms with Crippen LogP contribution < -0.4 is 19.6 Å². The number of allylic oxidation sites excluding steroid dienone is 1. The van der Waals surface area contributed by atoms with Crippen LogP contribution in [-0.4, -0.2) is 23.2 Å². The first-order chi connectivity index (χ1) is 19.2. The molecule has 10 heteroatoms. The normalized spacial score (nSPS) is 15.3.